The molecule has 0 fully saturated rings. The number of hydrogen-bond acceptors (Lipinski definition) is 4. The average Bonchev–Trinajstić information content (AvgIpc) is 2.46. The summed E-state index contributed by atoms with van der Waals surface area (Å²) in [5, 5.41) is 7.85. The minimum Gasteiger partial charge on any atom is -0.369 e. The molecule has 0 aromatic heterocycles. The van der Waals surface area contributed by atoms with Crippen LogP contribution in [-0.4, -0.2) is 33.6 Å². The summed E-state index contributed by atoms with van der Waals surface area (Å²) < 4.78 is 27.8. The highest BCUT2D eigenvalue weighted by molar-refractivity contribution is 7.89. The van der Waals surface area contributed by atoms with Crippen LogP contribution in [0.5, 0.6) is 0 Å². The van der Waals surface area contributed by atoms with Crippen molar-refractivity contribution in [3.8, 4) is 0 Å². The van der Waals surface area contributed by atoms with Crippen LogP contribution in [0.15, 0.2) is 29.2 Å². The molecule has 23 heavy (non-hydrogen) atoms. The van der Waals surface area contributed by atoms with E-state index in [0.29, 0.717) is 25.5 Å². The van der Waals surface area contributed by atoms with Crippen LogP contribution < -0.4 is 10.5 Å². The quantitative estimate of drug-likeness (QED) is 0.709. The van der Waals surface area contributed by atoms with E-state index in [1.807, 2.05) is 0 Å². The van der Waals surface area contributed by atoms with Crippen molar-refractivity contribution in [2.45, 2.75) is 44.6 Å². The van der Waals surface area contributed by atoms with Crippen molar-refractivity contribution in [1.29, 1.82) is 0 Å². The molecule has 1 aromatic rings. The first kappa shape index (κ1) is 19.6. The van der Waals surface area contributed by atoms with Crippen molar-refractivity contribution in [2.75, 3.05) is 13.2 Å². The molecule has 3 N–H and O–H groups in total. The summed E-state index contributed by atoms with van der Waals surface area (Å²) in [4.78, 5) is 11.9. The SMILES string of the molecule is CC(C)CCO[C@@H](C)C(=O)NCCc1ccc(S(N)(=O)=O)cc1. The van der Waals surface area contributed by atoms with Crippen molar-refractivity contribution in [1.82, 2.24) is 5.32 Å². The number of hydrogen-bond donors (Lipinski definition) is 2. The lowest BCUT2D eigenvalue weighted by Gasteiger charge is -2.14. The Kier molecular flexibility index (Phi) is 7.67. The van der Waals surface area contributed by atoms with Crippen LogP contribution in [0, 0.1) is 5.92 Å². The summed E-state index contributed by atoms with van der Waals surface area (Å²) in [6.07, 6.45) is 1.06. The molecule has 0 unspecified atom stereocenters. The molecule has 1 aromatic carbocycles. The van der Waals surface area contributed by atoms with Crippen molar-refractivity contribution >= 4 is 15.9 Å². The summed E-state index contributed by atoms with van der Waals surface area (Å²) in [7, 11) is -3.67. The van der Waals surface area contributed by atoms with Gasteiger partial charge in [0.25, 0.3) is 0 Å². The van der Waals surface area contributed by atoms with Crippen LogP contribution in [0.3, 0.4) is 0 Å². The van der Waals surface area contributed by atoms with Crippen molar-refractivity contribution in [2.24, 2.45) is 11.1 Å². The van der Waals surface area contributed by atoms with Gasteiger partial charge in [0, 0.05) is 13.2 Å². The largest absolute Gasteiger partial charge is 0.369 e. The maximum absolute atomic E-state index is 11.9. The molecular weight excluding hydrogens is 316 g/mol. The Bertz CT molecular complexity index is 597. The molecule has 0 saturated carbocycles. The maximum atomic E-state index is 11.9. The number of carbonyl (C=O) groups is 1. The van der Waals surface area contributed by atoms with E-state index in [9.17, 15) is 13.2 Å². The minimum absolute atomic E-state index is 0.0810. The molecule has 0 aliphatic rings. The van der Waals surface area contributed by atoms with Gasteiger partial charge in [-0.3, -0.25) is 4.79 Å². The van der Waals surface area contributed by atoms with E-state index in [4.69, 9.17) is 9.88 Å². The number of amides is 1. The van der Waals surface area contributed by atoms with E-state index in [1.54, 1.807) is 19.1 Å². The van der Waals surface area contributed by atoms with Crippen LogP contribution in [0.4, 0.5) is 0 Å². The van der Waals surface area contributed by atoms with Crippen LogP contribution >= 0.6 is 0 Å². The summed E-state index contributed by atoms with van der Waals surface area (Å²) in [5.74, 6) is 0.403. The minimum atomic E-state index is -3.67. The Morgan fingerprint density at radius 3 is 2.35 bits per heavy atom. The first-order valence-electron chi connectivity index (χ1n) is 7.71. The van der Waals surface area contributed by atoms with E-state index in [1.165, 1.54) is 12.1 Å². The fraction of sp³-hybridized carbons (Fsp3) is 0.562. The fourth-order valence-electron chi connectivity index (χ4n) is 1.88. The third-order valence-electron chi connectivity index (χ3n) is 3.40. The number of primary sulfonamides is 1. The second-order valence-corrected chi connectivity index (χ2v) is 7.49. The van der Waals surface area contributed by atoms with Crippen molar-refractivity contribution in [3.05, 3.63) is 29.8 Å². The lowest BCUT2D eigenvalue weighted by Crippen LogP contribution is -2.36. The molecule has 7 heteroatoms. The van der Waals surface area contributed by atoms with Crippen molar-refractivity contribution < 1.29 is 17.9 Å². The fourth-order valence-corrected chi connectivity index (χ4v) is 2.39. The van der Waals surface area contributed by atoms with E-state index in [2.05, 4.69) is 19.2 Å². The van der Waals surface area contributed by atoms with Gasteiger partial charge in [-0.25, -0.2) is 13.6 Å². The molecule has 0 heterocycles. The summed E-state index contributed by atoms with van der Waals surface area (Å²) in [6, 6.07) is 6.30. The Morgan fingerprint density at radius 2 is 1.83 bits per heavy atom. The lowest BCUT2D eigenvalue weighted by molar-refractivity contribution is -0.131. The summed E-state index contributed by atoms with van der Waals surface area (Å²) in [5.41, 5.74) is 0.922. The molecule has 6 nitrogen and oxygen atoms in total. The number of carbonyl (C=O) groups excluding carboxylic acids is 1. The van der Waals surface area contributed by atoms with E-state index >= 15 is 0 Å². The number of nitrogens with two attached hydrogens (primary N) is 1. The molecule has 0 aliphatic carbocycles. The highest BCUT2D eigenvalue weighted by Gasteiger charge is 2.13. The average molecular weight is 342 g/mol. The summed E-state index contributed by atoms with van der Waals surface area (Å²) in [6.45, 7) is 6.98. The lowest BCUT2D eigenvalue weighted by atomic mass is 10.1. The van der Waals surface area contributed by atoms with Gasteiger partial charge < -0.3 is 10.1 Å². The zero-order valence-corrected chi connectivity index (χ0v) is 14.7. The first-order valence-corrected chi connectivity index (χ1v) is 9.26. The van der Waals surface area contributed by atoms with Gasteiger partial charge in [0.05, 0.1) is 4.90 Å². The van der Waals surface area contributed by atoms with Crippen LogP contribution in [0.1, 0.15) is 32.8 Å². The van der Waals surface area contributed by atoms with Gasteiger partial charge in [-0.05, 0) is 43.4 Å². The van der Waals surface area contributed by atoms with Gasteiger partial charge in [-0.2, -0.15) is 0 Å². The van der Waals surface area contributed by atoms with Gasteiger partial charge >= 0.3 is 0 Å². The number of nitrogens with one attached hydrogen (secondary N) is 1. The second kappa shape index (κ2) is 9.00. The highest BCUT2D eigenvalue weighted by atomic mass is 32.2. The maximum Gasteiger partial charge on any atom is 0.248 e. The molecule has 130 valence electrons. The molecule has 1 rings (SSSR count). The highest BCUT2D eigenvalue weighted by Crippen LogP contribution is 2.09. The van der Waals surface area contributed by atoms with Crippen LogP contribution in [-0.2, 0) is 26.0 Å². The van der Waals surface area contributed by atoms with E-state index < -0.39 is 16.1 Å². The monoisotopic (exact) mass is 342 g/mol. The molecule has 0 spiro atoms. The zero-order chi connectivity index (χ0) is 17.5. The van der Waals surface area contributed by atoms with Gasteiger partial charge in [0.2, 0.25) is 15.9 Å². The Morgan fingerprint density at radius 1 is 1.22 bits per heavy atom. The second-order valence-electron chi connectivity index (χ2n) is 5.93. The number of rotatable bonds is 9. The van der Waals surface area contributed by atoms with Crippen LogP contribution in [0.25, 0.3) is 0 Å². The molecule has 0 aliphatic heterocycles. The van der Waals surface area contributed by atoms with E-state index in [0.717, 1.165) is 12.0 Å². The third-order valence-corrected chi connectivity index (χ3v) is 4.33. The van der Waals surface area contributed by atoms with Crippen molar-refractivity contribution in [3.63, 3.8) is 0 Å². The zero-order valence-electron chi connectivity index (χ0n) is 13.9. The van der Waals surface area contributed by atoms with E-state index in [-0.39, 0.29) is 10.8 Å². The van der Waals surface area contributed by atoms with Gasteiger partial charge in [-0.1, -0.05) is 26.0 Å². The number of ether oxygens (including phenoxy) is 1. The molecule has 0 bridgehead atoms. The normalized spacial score (nSPS) is 13.1. The number of sulfonamides is 1. The first-order chi connectivity index (χ1) is 10.7. The summed E-state index contributed by atoms with van der Waals surface area (Å²) >= 11 is 0. The van der Waals surface area contributed by atoms with Gasteiger partial charge in [-0.15, -0.1) is 0 Å². The predicted molar refractivity (Wildman–Crippen MR) is 89.4 cm³/mol. The Balaban J connectivity index is 2.34. The van der Waals surface area contributed by atoms with Gasteiger partial charge in [0.15, 0.2) is 0 Å². The third kappa shape index (κ3) is 7.58. The number of benzene rings is 1. The molecule has 1 atom stereocenters. The molecular formula is C16H26N2O4S. The molecule has 0 saturated heterocycles. The molecule has 1 amide bonds. The molecule has 0 radical (unpaired) electrons. The topological polar surface area (TPSA) is 98.5 Å². The Labute approximate surface area is 138 Å². The predicted octanol–water partition coefficient (Wildman–Crippen LogP) is 1.44. The Hall–Kier alpha value is -1.44. The standard InChI is InChI=1S/C16H26N2O4S/c1-12(2)9-11-22-13(3)16(19)18-10-8-14-4-6-15(7-5-14)23(17,20)21/h4-7,12-13H,8-11H2,1-3H3,(H,18,19)(H2,17,20,21)/t13-/m0/s1. The smallest absolute Gasteiger partial charge is 0.248 e. The van der Waals surface area contributed by atoms with Gasteiger partial charge in [0.1, 0.15) is 6.10 Å². The van der Waals surface area contributed by atoms with Crippen LogP contribution in [0.2, 0.25) is 0 Å².